The number of hydrogen-bond donors (Lipinski definition) is 1. The summed E-state index contributed by atoms with van der Waals surface area (Å²) in [6.07, 6.45) is 2.69. The first-order chi connectivity index (χ1) is 9.65. The number of anilines is 1. The van der Waals surface area contributed by atoms with Crippen molar-refractivity contribution in [2.24, 2.45) is 0 Å². The summed E-state index contributed by atoms with van der Waals surface area (Å²) in [6, 6.07) is 1.63. The number of ether oxygens (including phenoxy) is 1. The van der Waals surface area contributed by atoms with Gasteiger partial charge in [-0.1, -0.05) is 6.92 Å². The third kappa shape index (κ3) is 3.30. The number of halogens is 1. The van der Waals surface area contributed by atoms with Crippen molar-refractivity contribution in [3.05, 3.63) is 22.3 Å². The fourth-order valence-electron chi connectivity index (χ4n) is 2.17. The lowest BCUT2D eigenvalue weighted by Gasteiger charge is -2.36. The minimum atomic E-state index is -0.319. The fourth-order valence-corrected chi connectivity index (χ4v) is 2.63. The van der Waals surface area contributed by atoms with Crippen LogP contribution in [0.1, 0.15) is 18.9 Å². The van der Waals surface area contributed by atoms with E-state index in [0.29, 0.717) is 26.3 Å². The fraction of sp³-hybridized carbons (Fsp3) is 0.571. The molecule has 0 saturated carbocycles. The molecule has 2 heterocycles. The van der Waals surface area contributed by atoms with Crippen LogP contribution in [-0.2, 0) is 9.53 Å². The van der Waals surface area contributed by atoms with Gasteiger partial charge in [0.25, 0.3) is 0 Å². The zero-order valence-electron chi connectivity index (χ0n) is 11.9. The van der Waals surface area contributed by atoms with Gasteiger partial charge in [0.05, 0.1) is 17.7 Å². The predicted molar refractivity (Wildman–Crippen MR) is 81.9 cm³/mol. The maximum absolute atomic E-state index is 12.3. The molecule has 2 rings (SSSR count). The SMILES string of the molecule is CCCNC(=O)C1COCCN1c1nccc(C)c1Br. The third-order valence-electron chi connectivity index (χ3n) is 3.32. The van der Waals surface area contributed by atoms with Gasteiger partial charge < -0.3 is 15.0 Å². The van der Waals surface area contributed by atoms with Gasteiger partial charge in [0.1, 0.15) is 11.9 Å². The molecule has 0 aromatic carbocycles. The predicted octanol–water partition coefficient (Wildman–Crippen LogP) is 1.88. The van der Waals surface area contributed by atoms with Crippen molar-refractivity contribution in [3.63, 3.8) is 0 Å². The highest BCUT2D eigenvalue weighted by atomic mass is 79.9. The molecule has 6 heteroatoms. The Bertz CT molecular complexity index is 481. The van der Waals surface area contributed by atoms with Crippen LogP contribution in [-0.4, -0.2) is 43.2 Å². The average Bonchev–Trinajstić information content (AvgIpc) is 2.47. The van der Waals surface area contributed by atoms with Crippen LogP contribution in [0.25, 0.3) is 0 Å². The van der Waals surface area contributed by atoms with Crippen molar-refractivity contribution in [1.29, 1.82) is 0 Å². The lowest BCUT2D eigenvalue weighted by atomic mass is 10.2. The number of carbonyl (C=O) groups excluding carboxylic acids is 1. The number of nitrogens with one attached hydrogen (secondary N) is 1. The Morgan fingerprint density at radius 2 is 2.45 bits per heavy atom. The molecule has 0 spiro atoms. The standard InChI is InChI=1S/C14H20BrN3O2/c1-3-5-17-14(19)11-9-20-8-7-18(11)13-12(15)10(2)4-6-16-13/h4,6,11H,3,5,7-9H2,1-2H3,(H,17,19). The van der Waals surface area contributed by atoms with Gasteiger partial charge in [-0.05, 0) is 40.9 Å². The normalized spacial score (nSPS) is 18.9. The van der Waals surface area contributed by atoms with Crippen LogP contribution in [0.2, 0.25) is 0 Å². The smallest absolute Gasteiger partial charge is 0.245 e. The van der Waals surface area contributed by atoms with Crippen LogP contribution >= 0.6 is 15.9 Å². The number of aromatic nitrogens is 1. The Hall–Kier alpha value is -1.14. The summed E-state index contributed by atoms with van der Waals surface area (Å²) in [7, 11) is 0. The van der Waals surface area contributed by atoms with E-state index in [9.17, 15) is 4.79 Å². The first-order valence-electron chi connectivity index (χ1n) is 6.88. The van der Waals surface area contributed by atoms with Crippen LogP contribution in [0.3, 0.4) is 0 Å². The number of rotatable bonds is 4. The second-order valence-corrected chi connectivity index (χ2v) is 5.63. The van der Waals surface area contributed by atoms with Gasteiger partial charge in [-0.2, -0.15) is 0 Å². The van der Waals surface area contributed by atoms with Crippen molar-refractivity contribution in [2.75, 3.05) is 31.2 Å². The summed E-state index contributed by atoms with van der Waals surface area (Å²) in [5.41, 5.74) is 1.11. The number of aryl methyl sites for hydroxylation is 1. The number of morpholine rings is 1. The minimum Gasteiger partial charge on any atom is -0.377 e. The van der Waals surface area contributed by atoms with Gasteiger partial charge in [0, 0.05) is 19.3 Å². The highest BCUT2D eigenvalue weighted by Gasteiger charge is 2.31. The molecule has 0 aliphatic carbocycles. The molecule has 1 aromatic rings. The molecule has 5 nitrogen and oxygen atoms in total. The first kappa shape index (κ1) is 15.3. The summed E-state index contributed by atoms with van der Waals surface area (Å²) < 4.78 is 6.40. The molecule has 1 unspecified atom stereocenters. The summed E-state index contributed by atoms with van der Waals surface area (Å²) in [5.74, 6) is 0.812. The monoisotopic (exact) mass is 341 g/mol. The number of nitrogens with zero attached hydrogens (tertiary/aromatic N) is 2. The van der Waals surface area contributed by atoms with Crippen LogP contribution in [0.5, 0.6) is 0 Å². The highest BCUT2D eigenvalue weighted by Crippen LogP contribution is 2.29. The lowest BCUT2D eigenvalue weighted by Crippen LogP contribution is -2.54. The second kappa shape index (κ2) is 7.04. The summed E-state index contributed by atoms with van der Waals surface area (Å²) in [5, 5.41) is 2.93. The molecule has 1 atom stereocenters. The molecule has 1 fully saturated rings. The van der Waals surface area contributed by atoms with E-state index in [-0.39, 0.29) is 11.9 Å². The Labute approximate surface area is 127 Å². The van der Waals surface area contributed by atoms with Gasteiger partial charge in [-0.25, -0.2) is 4.98 Å². The topological polar surface area (TPSA) is 54.5 Å². The molecular formula is C14H20BrN3O2. The van der Waals surface area contributed by atoms with Crippen molar-refractivity contribution in [2.45, 2.75) is 26.3 Å². The molecule has 1 aliphatic heterocycles. The molecule has 0 bridgehead atoms. The number of carbonyl (C=O) groups is 1. The highest BCUT2D eigenvalue weighted by molar-refractivity contribution is 9.10. The molecule has 1 N–H and O–H groups in total. The lowest BCUT2D eigenvalue weighted by molar-refractivity contribution is -0.124. The van der Waals surface area contributed by atoms with Crippen molar-refractivity contribution in [3.8, 4) is 0 Å². The Morgan fingerprint density at radius 1 is 1.65 bits per heavy atom. The third-order valence-corrected chi connectivity index (χ3v) is 4.30. The van der Waals surface area contributed by atoms with E-state index >= 15 is 0 Å². The number of pyridine rings is 1. The second-order valence-electron chi connectivity index (χ2n) is 4.84. The van der Waals surface area contributed by atoms with Gasteiger partial charge in [-0.15, -0.1) is 0 Å². The Balaban J connectivity index is 2.22. The van der Waals surface area contributed by atoms with E-state index < -0.39 is 0 Å². The molecule has 1 saturated heterocycles. The van der Waals surface area contributed by atoms with E-state index in [1.54, 1.807) is 6.20 Å². The van der Waals surface area contributed by atoms with Crippen LogP contribution in [0, 0.1) is 6.92 Å². The van der Waals surface area contributed by atoms with E-state index in [0.717, 1.165) is 22.3 Å². The van der Waals surface area contributed by atoms with E-state index in [1.807, 2.05) is 24.8 Å². The summed E-state index contributed by atoms with van der Waals surface area (Å²) in [6.45, 7) is 6.41. The first-order valence-corrected chi connectivity index (χ1v) is 7.67. The molecule has 110 valence electrons. The van der Waals surface area contributed by atoms with Gasteiger partial charge in [0.2, 0.25) is 5.91 Å². The van der Waals surface area contributed by atoms with Crippen molar-refractivity contribution < 1.29 is 9.53 Å². The van der Waals surface area contributed by atoms with Gasteiger partial charge >= 0.3 is 0 Å². The zero-order chi connectivity index (χ0) is 14.5. The molecule has 1 aliphatic rings. The van der Waals surface area contributed by atoms with Crippen molar-refractivity contribution in [1.82, 2.24) is 10.3 Å². The Morgan fingerprint density at radius 3 is 3.20 bits per heavy atom. The summed E-state index contributed by atoms with van der Waals surface area (Å²) >= 11 is 3.57. The maximum Gasteiger partial charge on any atom is 0.245 e. The minimum absolute atomic E-state index is 0.00163. The average molecular weight is 342 g/mol. The number of amides is 1. The van der Waals surface area contributed by atoms with E-state index in [1.165, 1.54) is 0 Å². The van der Waals surface area contributed by atoms with Crippen molar-refractivity contribution >= 4 is 27.7 Å². The Kier molecular flexibility index (Phi) is 5.37. The maximum atomic E-state index is 12.3. The molecule has 1 amide bonds. The molecule has 20 heavy (non-hydrogen) atoms. The summed E-state index contributed by atoms with van der Waals surface area (Å²) in [4.78, 5) is 18.7. The molecular weight excluding hydrogens is 322 g/mol. The van der Waals surface area contributed by atoms with Crippen LogP contribution < -0.4 is 10.2 Å². The van der Waals surface area contributed by atoms with Gasteiger partial charge in [0.15, 0.2) is 0 Å². The van der Waals surface area contributed by atoms with E-state index in [4.69, 9.17) is 4.74 Å². The largest absolute Gasteiger partial charge is 0.377 e. The van der Waals surface area contributed by atoms with Crippen LogP contribution in [0.15, 0.2) is 16.7 Å². The van der Waals surface area contributed by atoms with E-state index in [2.05, 4.69) is 26.2 Å². The number of hydrogen-bond acceptors (Lipinski definition) is 4. The van der Waals surface area contributed by atoms with Gasteiger partial charge in [-0.3, -0.25) is 4.79 Å². The molecule has 0 radical (unpaired) electrons. The molecule has 1 aromatic heterocycles. The zero-order valence-corrected chi connectivity index (χ0v) is 13.4. The quantitative estimate of drug-likeness (QED) is 0.908. The van der Waals surface area contributed by atoms with Crippen LogP contribution in [0.4, 0.5) is 5.82 Å².